The number of rotatable bonds is 8. The second-order valence-electron chi connectivity index (χ2n) is 3.56. The highest BCUT2D eigenvalue weighted by atomic mass is 16.2. The van der Waals surface area contributed by atoms with Crippen LogP contribution in [0.1, 0.15) is 40.0 Å². The molecular weight excluding hydrogens is 176 g/mol. The quantitative estimate of drug-likeness (QED) is 0.604. The lowest BCUT2D eigenvalue weighted by Gasteiger charge is -2.21. The average molecular weight is 200 g/mol. The molecule has 0 unspecified atom stereocenters. The van der Waals surface area contributed by atoms with Gasteiger partial charge >= 0.3 is 0 Å². The first-order chi connectivity index (χ1) is 6.76. The first-order valence-electron chi connectivity index (χ1n) is 5.74. The number of amides is 1. The molecule has 0 saturated heterocycles. The molecule has 0 fully saturated rings. The van der Waals surface area contributed by atoms with E-state index >= 15 is 0 Å². The third-order valence-electron chi connectivity index (χ3n) is 2.04. The molecule has 84 valence electrons. The highest BCUT2D eigenvalue weighted by Crippen LogP contribution is 1.94. The largest absolute Gasteiger partial charge is 0.342 e. The Morgan fingerprint density at radius 2 is 1.64 bits per heavy atom. The zero-order chi connectivity index (χ0) is 10.8. The van der Waals surface area contributed by atoms with Crippen LogP contribution in [0.5, 0.6) is 0 Å². The molecule has 0 heterocycles. The molecule has 0 aromatic carbocycles. The van der Waals surface area contributed by atoms with Gasteiger partial charge in [0.15, 0.2) is 0 Å². The molecule has 0 radical (unpaired) electrons. The summed E-state index contributed by atoms with van der Waals surface area (Å²) in [5.74, 6) is 0.238. The van der Waals surface area contributed by atoms with Crippen molar-refractivity contribution < 1.29 is 4.79 Å². The Labute approximate surface area is 87.9 Å². The maximum atomic E-state index is 11.7. The van der Waals surface area contributed by atoms with Gasteiger partial charge in [-0.15, -0.1) is 0 Å². The lowest BCUT2D eigenvalue weighted by molar-refractivity contribution is -0.130. The van der Waals surface area contributed by atoms with Gasteiger partial charge in [-0.1, -0.05) is 20.8 Å². The second-order valence-corrected chi connectivity index (χ2v) is 3.56. The fourth-order valence-corrected chi connectivity index (χ4v) is 1.38. The third kappa shape index (κ3) is 5.97. The molecule has 0 rings (SSSR count). The van der Waals surface area contributed by atoms with E-state index in [9.17, 15) is 4.79 Å². The molecule has 0 aliphatic heterocycles. The summed E-state index contributed by atoms with van der Waals surface area (Å²) < 4.78 is 0. The lowest BCUT2D eigenvalue weighted by atomic mass is 10.3. The summed E-state index contributed by atoms with van der Waals surface area (Å²) in [6.07, 6.45) is 3.16. The molecular formula is C11H24N2O. The SMILES string of the molecule is CCCNCC(=O)N(CCC)CCC. The summed E-state index contributed by atoms with van der Waals surface area (Å²) in [6, 6.07) is 0. The molecule has 0 saturated carbocycles. The summed E-state index contributed by atoms with van der Waals surface area (Å²) in [7, 11) is 0. The van der Waals surface area contributed by atoms with E-state index in [0.717, 1.165) is 38.9 Å². The fraction of sp³-hybridized carbons (Fsp3) is 0.909. The van der Waals surface area contributed by atoms with Crippen molar-refractivity contribution in [2.45, 2.75) is 40.0 Å². The van der Waals surface area contributed by atoms with Crippen molar-refractivity contribution in [1.82, 2.24) is 10.2 Å². The first-order valence-corrected chi connectivity index (χ1v) is 5.74. The van der Waals surface area contributed by atoms with Crippen LogP contribution in [0.25, 0.3) is 0 Å². The molecule has 0 aliphatic rings. The minimum absolute atomic E-state index is 0.238. The molecule has 0 aromatic rings. The molecule has 1 amide bonds. The predicted octanol–water partition coefficient (Wildman–Crippen LogP) is 1.63. The zero-order valence-corrected chi connectivity index (χ0v) is 9.81. The van der Waals surface area contributed by atoms with E-state index in [1.165, 1.54) is 0 Å². The number of nitrogens with zero attached hydrogens (tertiary/aromatic N) is 1. The Balaban J connectivity index is 3.76. The van der Waals surface area contributed by atoms with Gasteiger partial charge in [0.1, 0.15) is 0 Å². The summed E-state index contributed by atoms with van der Waals surface area (Å²) in [5, 5.41) is 3.14. The maximum Gasteiger partial charge on any atom is 0.236 e. The highest BCUT2D eigenvalue weighted by Gasteiger charge is 2.09. The van der Waals surface area contributed by atoms with E-state index < -0.39 is 0 Å². The van der Waals surface area contributed by atoms with Gasteiger partial charge in [-0.05, 0) is 25.8 Å². The Morgan fingerprint density at radius 1 is 1.07 bits per heavy atom. The van der Waals surface area contributed by atoms with Crippen molar-refractivity contribution in [2.75, 3.05) is 26.2 Å². The van der Waals surface area contributed by atoms with Crippen molar-refractivity contribution in [3.05, 3.63) is 0 Å². The molecule has 3 nitrogen and oxygen atoms in total. The number of carbonyl (C=O) groups excluding carboxylic acids is 1. The molecule has 0 bridgehead atoms. The van der Waals surface area contributed by atoms with Gasteiger partial charge < -0.3 is 10.2 Å². The Kier molecular flexibility index (Phi) is 8.64. The minimum atomic E-state index is 0.238. The molecule has 3 heteroatoms. The average Bonchev–Trinajstić information content (AvgIpc) is 2.18. The summed E-state index contributed by atoms with van der Waals surface area (Å²) in [5.41, 5.74) is 0. The standard InChI is InChI=1S/C11H24N2O/c1-4-7-12-10-11(14)13(8-5-2)9-6-3/h12H,4-10H2,1-3H3. The maximum absolute atomic E-state index is 11.7. The molecule has 0 aliphatic carbocycles. The van der Waals surface area contributed by atoms with Crippen LogP contribution in [-0.2, 0) is 4.79 Å². The van der Waals surface area contributed by atoms with Gasteiger partial charge in [0.25, 0.3) is 0 Å². The van der Waals surface area contributed by atoms with Crippen LogP contribution in [-0.4, -0.2) is 37.0 Å². The highest BCUT2D eigenvalue weighted by molar-refractivity contribution is 5.78. The van der Waals surface area contributed by atoms with Gasteiger partial charge in [0, 0.05) is 13.1 Å². The van der Waals surface area contributed by atoms with Gasteiger partial charge in [0.05, 0.1) is 6.54 Å². The summed E-state index contributed by atoms with van der Waals surface area (Å²) >= 11 is 0. The zero-order valence-electron chi connectivity index (χ0n) is 9.81. The number of hydrogen-bond donors (Lipinski definition) is 1. The predicted molar refractivity (Wildman–Crippen MR) is 60.3 cm³/mol. The molecule has 0 atom stereocenters. The number of carbonyl (C=O) groups is 1. The van der Waals surface area contributed by atoms with Crippen LogP contribution < -0.4 is 5.32 Å². The third-order valence-corrected chi connectivity index (χ3v) is 2.04. The van der Waals surface area contributed by atoms with E-state index in [2.05, 4.69) is 26.1 Å². The second kappa shape index (κ2) is 9.00. The van der Waals surface area contributed by atoms with Gasteiger partial charge in [-0.25, -0.2) is 0 Å². The van der Waals surface area contributed by atoms with Crippen LogP contribution in [0.15, 0.2) is 0 Å². The van der Waals surface area contributed by atoms with E-state index in [1.54, 1.807) is 0 Å². The van der Waals surface area contributed by atoms with Crippen LogP contribution in [0.4, 0.5) is 0 Å². The molecule has 14 heavy (non-hydrogen) atoms. The van der Waals surface area contributed by atoms with Crippen molar-refractivity contribution in [3.63, 3.8) is 0 Å². The smallest absolute Gasteiger partial charge is 0.236 e. The normalized spacial score (nSPS) is 10.2. The first kappa shape index (κ1) is 13.4. The summed E-state index contributed by atoms with van der Waals surface area (Å²) in [6.45, 7) is 9.52. The van der Waals surface area contributed by atoms with Crippen molar-refractivity contribution in [3.8, 4) is 0 Å². The van der Waals surface area contributed by atoms with E-state index in [1.807, 2.05) is 4.90 Å². The summed E-state index contributed by atoms with van der Waals surface area (Å²) in [4.78, 5) is 13.6. The monoisotopic (exact) mass is 200 g/mol. The number of hydrogen-bond acceptors (Lipinski definition) is 2. The van der Waals surface area contributed by atoms with Crippen LogP contribution in [0, 0.1) is 0 Å². The van der Waals surface area contributed by atoms with E-state index in [4.69, 9.17) is 0 Å². The number of nitrogens with one attached hydrogen (secondary N) is 1. The van der Waals surface area contributed by atoms with Crippen molar-refractivity contribution >= 4 is 5.91 Å². The Morgan fingerprint density at radius 3 is 2.07 bits per heavy atom. The minimum Gasteiger partial charge on any atom is -0.342 e. The molecule has 0 spiro atoms. The Bertz CT molecular complexity index is 142. The van der Waals surface area contributed by atoms with Crippen molar-refractivity contribution in [2.24, 2.45) is 0 Å². The van der Waals surface area contributed by atoms with Gasteiger partial charge in [-0.3, -0.25) is 4.79 Å². The van der Waals surface area contributed by atoms with Crippen LogP contribution in [0.3, 0.4) is 0 Å². The van der Waals surface area contributed by atoms with Crippen molar-refractivity contribution in [1.29, 1.82) is 0 Å². The van der Waals surface area contributed by atoms with E-state index in [-0.39, 0.29) is 5.91 Å². The lowest BCUT2D eigenvalue weighted by Crippen LogP contribution is -2.39. The van der Waals surface area contributed by atoms with Gasteiger partial charge in [-0.2, -0.15) is 0 Å². The topological polar surface area (TPSA) is 32.3 Å². The fourth-order valence-electron chi connectivity index (χ4n) is 1.38. The van der Waals surface area contributed by atoms with Crippen LogP contribution >= 0.6 is 0 Å². The van der Waals surface area contributed by atoms with Gasteiger partial charge in [0.2, 0.25) is 5.91 Å². The molecule has 0 aromatic heterocycles. The Hall–Kier alpha value is -0.570. The van der Waals surface area contributed by atoms with E-state index in [0.29, 0.717) is 6.54 Å². The molecule has 1 N–H and O–H groups in total. The van der Waals surface area contributed by atoms with Crippen LogP contribution in [0.2, 0.25) is 0 Å².